The molecule has 0 unspecified atom stereocenters. The summed E-state index contributed by atoms with van der Waals surface area (Å²) in [6.45, 7) is 4.26. The van der Waals surface area contributed by atoms with E-state index in [0.717, 1.165) is 34.2 Å². The molecule has 0 bridgehead atoms. The van der Waals surface area contributed by atoms with E-state index in [2.05, 4.69) is 72.6 Å². The van der Waals surface area contributed by atoms with Gasteiger partial charge in [-0.15, -0.1) is 10.2 Å². The van der Waals surface area contributed by atoms with Gasteiger partial charge in [0.05, 0.1) is 5.69 Å². The molecule has 5 heteroatoms. The van der Waals surface area contributed by atoms with E-state index >= 15 is 0 Å². The first-order valence-electron chi connectivity index (χ1n) is 8.73. The maximum absolute atomic E-state index is 4.76. The maximum Gasteiger partial charge on any atom is 0.212 e. The van der Waals surface area contributed by atoms with Crippen LogP contribution in [-0.4, -0.2) is 19.8 Å². The molecule has 4 rings (SSSR count). The van der Waals surface area contributed by atoms with Crippen LogP contribution in [0.3, 0.4) is 0 Å². The number of aromatic nitrogens is 4. The van der Waals surface area contributed by atoms with Gasteiger partial charge in [-0.1, -0.05) is 72.8 Å². The van der Waals surface area contributed by atoms with E-state index in [1.54, 1.807) is 11.8 Å². The first-order valence-corrected chi connectivity index (χ1v) is 9.71. The zero-order valence-electron chi connectivity index (χ0n) is 14.9. The molecule has 0 fully saturated rings. The first kappa shape index (κ1) is 16.8. The zero-order chi connectivity index (χ0) is 17.9. The molecule has 0 saturated heterocycles. The van der Waals surface area contributed by atoms with Crippen LogP contribution >= 0.6 is 11.8 Å². The molecule has 0 atom stereocenters. The van der Waals surface area contributed by atoms with Crippen molar-refractivity contribution >= 4 is 17.4 Å². The Hall–Kier alpha value is -2.66. The Bertz CT molecular complexity index is 1020. The lowest BCUT2D eigenvalue weighted by molar-refractivity contribution is 0.813. The van der Waals surface area contributed by atoms with E-state index in [9.17, 15) is 0 Å². The Balaban J connectivity index is 1.60. The van der Waals surface area contributed by atoms with Gasteiger partial charge in [0, 0.05) is 11.3 Å². The maximum atomic E-state index is 4.76. The lowest BCUT2D eigenvalue weighted by Crippen LogP contribution is -1.96. The van der Waals surface area contributed by atoms with Crippen LogP contribution in [0.2, 0.25) is 0 Å². The minimum atomic E-state index is 0.769. The van der Waals surface area contributed by atoms with Gasteiger partial charge in [0.1, 0.15) is 0 Å². The van der Waals surface area contributed by atoms with Gasteiger partial charge in [-0.05, 0) is 36.6 Å². The van der Waals surface area contributed by atoms with Crippen molar-refractivity contribution in [3.63, 3.8) is 0 Å². The standard InChI is InChI=1S/C21H20N4S/c1-3-16-8-10-18(11-9-16)19-12-13-20-22-23-21(25(20)24-19)26-14-17-6-4-15(2)5-7-17/h4-13H,3,14H2,1-2H3. The molecule has 4 aromatic rings. The number of fused-ring (bicyclic) bond motifs is 1. The number of hydrogen-bond donors (Lipinski definition) is 0. The van der Waals surface area contributed by atoms with Crippen molar-refractivity contribution < 1.29 is 0 Å². The number of nitrogens with zero attached hydrogens (tertiary/aromatic N) is 4. The second-order valence-electron chi connectivity index (χ2n) is 6.30. The van der Waals surface area contributed by atoms with Gasteiger partial charge in [-0.25, -0.2) is 0 Å². The molecule has 0 spiro atoms. The smallest absolute Gasteiger partial charge is 0.187 e. The Labute approximate surface area is 157 Å². The fraction of sp³-hybridized carbons (Fsp3) is 0.190. The third-order valence-electron chi connectivity index (χ3n) is 4.38. The summed E-state index contributed by atoms with van der Waals surface area (Å²) < 4.78 is 1.84. The summed E-state index contributed by atoms with van der Waals surface area (Å²) in [5.74, 6) is 0.845. The molecule has 0 aliphatic rings. The molecule has 0 aliphatic carbocycles. The Morgan fingerprint density at radius 1 is 0.846 bits per heavy atom. The highest BCUT2D eigenvalue weighted by Gasteiger charge is 2.10. The predicted octanol–water partition coefficient (Wildman–Crippen LogP) is 4.95. The van der Waals surface area contributed by atoms with E-state index in [-0.39, 0.29) is 0 Å². The summed E-state index contributed by atoms with van der Waals surface area (Å²) in [5, 5.41) is 14.1. The largest absolute Gasteiger partial charge is 0.212 e. The van der Waals surface area contributed by atoms with Gasteiger partial charge >= 0.3 is 0 Å². The van der Waals surface area contributed by atoms with E-state index in [4.69, 9.17) is 5.10 Å². The Morgan fingerprint density at radius 2 is 1.58 bits per heavy atom. The van der Waals surface area contributed by atoms with Gasteiger partial charge in [0.2, 0.25) is 5.16 Å². The van der Waals surface area contributed by atoms with Crippen LogP contribution in [-0.2, 0) is 12.2 Å². The summed E-state index contributed by atoms with van der Waals surface area (Å²) in [6.07, 6.45) is 1.04. The molecule has 4 nitrogen and oxygen atoms in total. The highest BCUT2D eigenvalue weighted by Crippen LogP contribution is 2.23. The topological polar surface area (TPSA) is 43.1 Å². The number of benzene rings is 2. The first-order chi connectivity index (χ1) is 12.7. The van der Waals surface area contributed by atoms with Crippen molar-refractivity contribution in [3.8, 4) is 11.3 Å². The third-order valence-corrected chi connectivity index (χ3v) is 5.37. The molecule has 2 aromatic carbocycles. The fourth-order valence-corrected chi connectivity index (χ4v) is 3.60. The van der Waals surface area contributed by atoms with Crippen molar-refractivity contribution in [2.75, 3.05) is 0 Å². The van der Waals surface area contributed by atoms with Crippen LogP contribution in [0, 0.1) is 6.92 Å². The van der Waals surface area contributed by atoms with Gasteiger partial charge in [-0.3, -0.25) is 0 Å². The molecule has 26 heavy (non-hydrogen) atoms. The van der Waals surface area contributed by atoms with Gasteiger partial charge in [0.15, 0.2) is 5.65 Å². The zero-order valence-corrected chi connectivity index (χ0v) is 15.7. The van der Waals surface area contributed by atoms with Crippen LogP contribution in [0.25, 0.3) is 16.9 Å². The van der Waals surface area contributed by atoms with Crippen molar-refractivity contribution in [3.05, 3.63) is 77.4 Å². The Kier molecular flexibility index (Phi) is 4.71. The van der Waals surface area contributed by atoms with E-state index in [0.29, 0.717) is 0 Å². The minimum absolute atomic E-state index is 0.769. The molecule has 0 aliphatic heterocycles. The molecule has 0 saturated carbocycles. The SMILES string of the molecule is CCc1ccc(-c2ccc3nnc(SCc4ccc(C)cc4)n3n2)cc1. The summed E-state index contributed by atoms with van der Waals surface area (Å²) in [6, 6.07) is 21.1. The highest BCUT2D eigenvalue weighted by molar-refractivity contribution is 7.98. The second-order valence-corrected chi connectivity index (χ2v) is 7.24. The number of aryl methyl sites for hydroxylation is 2. The Morgan fingerprint density at radius 3 is 2.31 bits per heavy atom. The summed E-state index contributed by atoms with van der Waals surface area (Å²) in [5.41, 5.74) is 6.67. The van der Waals surface area contributed by atoms with Crippen LogP contribution in [0.4, 0.5) is 0 Å². The van der Waals surface area contributed by atoms with E-state index in [1.165, 1.54) is 16.7 Å². The average molecular weight is 360 g/mol. The number of thioether (sulfide) groups is 1. The molecule has 0 amide bonds. The summed E-state index contributed by atoms with van der Waals surface area (Å²) in [7, 11) is 0. The molecule has 2 heterocycles. The van der Waals surface area contributed by atoms with Gasteiger partial charge in [-0.2, -0.15) is 9.61 Å². The van der Waals surface area contributed by atoms with Crippen LogP contribution < -0.4 is 0 Å². The van der Waals surface area contributed by atoms with E-state index < -0.39 is 0 Å². The van der Waals surface area contributed by atoms with Gasteiger partial charge < -0.3 is 0 Å². The molecular formula is C21H20N4S. The third kappa shape index (κ3) is 3.48. The summed E-state index contributed by atoms with van der Waals surface area (Å²) >= 11 is 1.65. The summed E-state index contributed by atoms with van der Waals surface area (Å²) in [4.78, 5) is 0. The monoisotopic (exact) mass is 360 g/mol. The van der Waals surface area contributed by atoms with Crippen molar-refractivity contribution in [2.24, 2.45) is 0 Å². The lowest BCUT2D eigenvalue weighted by atomic mass is 10.1. The quantitative estimate of drug-likeness (QED) is 0.472. The van der Waals surface area contributed by atoms with Crippen LogP contribution in [0.15, 0.2) is 65.8 Å². The van der Waals surface area contributed by atoms with Crippen molar-refractivity contribution in [2.45, 2.75) is 31.2 Å². The average Bonchev–Trinajstić information content (AvgIpc) is 3.10. The number of hydrogen-bond acceptors (Lipinski definition) is 4. The highest BCUT2D eigenvalue weighted by atomic mass is 32.2. The van der Waals surface area contributed by atoms with E-state index in [1.807, 2.05) is 16.6 Å². The van der Waals surface area contributed by atoms with Crippen molar-refractivity contribution in [1.29, 1.82) is 0 Å². The van der Waals surface area contributed by atoms with Crippen LogP contribution in [0.5, 0.6) is 0 Å². The molecule has 0 radical (unpaired) electrons. The van der Waals surface area contributed by atoms with Gasteiger partial charge in [0.25, 0.3) is 0 Å². The molecular weight excluding hydrogens is 340 g/mol. The molecule has 0 N–H and O–H groups in total. The predicted molar refractivity (Wildman–Crippen MR) is 106 cm³/mol. The minimum Gasteiger partial charge on any atom is -0.187 e. The lowest BCUT2D eigenvalue weighted by Gasteiger charge is -2.04. The molecule has 130 valence electrons. The normalized spacial score (nSPS) is 11.2. The van der Waals surface area contributed by atoms with Crippen LogP contribution in [0.1, 0.15) is 23.6 Å². The fourth-order valence-electron chi connectivity index (χ4n) is 2.76. The van der Waals surface area contributed by atoms with Crippen molar-refractivity contribution in [1.82, 2.24) is 19.8 Å². The number of rotatable bonds is 5. The molecule has 2 aromatic heterocycles. The second kappa shape index (κ2) is 7.30.